The average molecular weight is 392 g/mol. The summed E-state index contributed by atoms with van der Waals surface area (Å²) in [4.78, 5) is 13.2. The van der Waals surface area contributed by atoms with Gasteiger partial charge in [-0.25, -0.2) is 0 Å². The van der Waals surface area contributed by atoms with Gasteiger partial charge in [-0.2, -0.15) is 0 Å². The Morgan fingerprint density at radius 1 is 1.00 bits per heavy atom. The highest BCUT2D eigenvalue weighted by molar-refractivity contribution is 7.98. The predicted octanol–water partition coefficient (Wildman–Crippen LogP) is 6.92. The van der Waals surface area contributed by atoms with Crippen LogP contribution < -0.4 is 0 Å². The van der Waals surface area contributed by atoms with Crippen molar-refractivity contribution in [2.24, 2.45) is 0 Å². The summed E-state index contributed by atoms with van der Waals surface area (Å²) in [5, 5.41) is 0.919. The van der Waals surface area contributed by atoms with Gasteiger partial charge in [-0.1, -0.05) is 46.4 Å². The molecule has 0 radical (unpaired) electrons. The Bertz CT molecular complexity index is 739. The number of carbonyl (C=O) groups excluding carboxylic acids is 1. The monoisotopic (exact) mass is 390 g/mol. The summed E-state index contributed by atoms with van der Waals surface area (Å²) in [5.74, 6) is -0.133. The Labute approximate surface area is 153 Å². The quantitative estimate of drug-likeness (QED) is 0.185. The summed E-state index contributed by atoms with van der Waals surface area (Å²) >= 11 is 25.6. The van der Waals surface area contributed by atoms with Crippen molar-refractivity contribution in [1.29, 1.82) is 0 Å². The molecule has 0 heterocycles. The molecule has 0 fully saturated rings. The van der Waals surface area contributed by atoms with Gasteiger partial charge in [0.2, 0.25) is 0 Å². The van der Waals surface area contributed by atoms with E-state index in [1.165, 1.54) is 6.08 Å². The SMILES string of the molecule is CSc1ccc(C(=O)/C=C/c2cc(Cl)c(Cl)c(Cl)c2Cl)cc1. The second-order valence-corrected chi connectivity index (χ2v) is 6.74. The molecule has 0 aliphatic heterocycles. The van der Waals surface area contributed by atoms with Crippen LogP contribution in [-0.2, 0) is 0 Å². The van der Waals surface area contributed by atoms with Gasteiger partial charge < -0.3 is 0 Å². The molecular formula is C16H10Cl4OS. The highest BCUT2D eigenvalue weighted by Crippen LogP contribution is 2.38. The Morgan fingerprint density at radius 2 is 1.64 bits per heavy atom. The second-order valence-electron chi connectivity index (χ2n) is 4.32. The Hall–Kier alpha value is -0.640. The van der Waals surface area contributed by atoms with Crippen molar-refractivity contribution < 1.29 is 4.79 Å². The van der Waals surface area contributed by atoms with Crippen LogP contribution in [0.15, 0.2) is 41.3 Å². The highest BCUT2D eigenvalue weighted by atomic mass is 35.5. The fourth-order valence-electron chi connectivity index (χ4n) is 1.73. The zero-order valence-electron chi connectivity index (χ0n) is 11.4. The number of halogens is 4. The van der Waals surface area contributed by atoms with Crippen molar-refractivity contribution in [3.8, 4) is 0 Å². The number of rotatable bonds is 4. The minimum Gasteiger partial charge on any atom is -0.289 e. The molecule has 0 saturated carbocycles. The lowest BCUT2D eigenvalue weighted by Crippen LogP contribution is -1.93. The molecular weight excluding hydrogens is 382 g/mol. The van der Waals surface area contributed by atoms with Crippen molar-refractivity contribution in [1.82, 2.24) is 0 Å². The standard InChI is InChI=1S/C16H10Cl4OS/c1-22-11-5-2-9(3-6-11)13(21)7-4-10-8-12(17)15(19)16(20)14(10)18/h2-8H,1H3/b7-4+. The van der Waals surface area contributed by atoms with Crippen LogP contribution >= 0.6 is 58.2 Å². The molecule has 0 amide bonds. The number of ketones is 1. The van der Waals surface area contributed by atoms with Gasteiger partial charge in [0.25, 0.3) is 0 Å². The Morgan fingerprint density at radius 3 is 2.23 bits per heavy atom. The lowest BCUT2D eigenvalue weighted by atomic mass is 10.1. The van der Waals surface area contributed by atoms with E-state index in [4.69, 9.17) is 46.4 Å². The molecule has 0 spiro atoms. The molecule has 2 aromatic rings. The molecule has 6 heteroatoms. The van der Waals surface area contributed by atoms with E-state index < -0.39 is 0 Å². The van der Waals surface area contributed by atoms with Crippen molar-refractivity contribution in [2.75, 3.05) is 6.26 Å². The summed E-state index contributed by atoms with van der Waals surface area (Å²) in [5.41, 5.74) is 1.13. The number of thioether (sulfide) groups is 1. The van der Waals surface area contributed by atoms with E-state index in [1.54, 1.807) is 36.0 Å². The van der Waals surface area contributed by atoms with Crippen molar-refractivity contribution >= 4 is 70.0 Å². The van der Waals surface area contributed by atoms with E-state index in [0.717, 1.165) is 4.90 Å². The zero-order valence-corrected chi connectivity index (χ0v) is 15.2. The number of carbonyl (C=O) groups is 1. The van der Waals surface area contributed by atoms with E-state index in [0.29, 0.717) is 11.1 Å². The summed E-state index contributed by atoms with van der Waals surface area (Å²) in [7, 11) is 0. The maximum Gasteiger partial charge on any atom is 0.185 e. The minimum atomic E-state index is -0.133. The third-order valence-electron chi connectivity index (χ3n) is 2.92. The maximum atomic E-state index is 12.1. The van der Waals surface area contributed by atoms with Crippen LogP contribution in [0.2, 0.25) is 20.1 Å². The molecule has 2 aromatic carbocycles. The summed E-state index contributed by atoms with van der Waals surface area (Å²) in [6, 6.07) is 8.92. The first kappa shape index (κ1) is 17.7. The molecule has 2 rings (SSSR count). The first-order valence-electron chi connectivity index (χ1n) is 6.13. The van der Waals surface area contributed by atoms with E-state index in [1.807, 2.05) is 18.4 Å². The van der Waals surface area contributed by atoms with Crippen LogP contribution in [-0.4, -0.2) is 12.0 Å². The first-order chi connectivity index (χ1) is 10.4. The molecule has 1 nitrogen and oxygen atoms in total. The van der Waals surface area contributed by atoms with Gasteiger partial charge in [0.1, 0.15) is 0 Å². The summed E-state index contributed by atoms with van der Waals surface area (Å²) in [6.07, 6.45) is 4.98. The van der Waals surface area contributed by atoms with Crippen LogP contribution in [0.4, 0.5) is 0 Å². The van der Waals surface area contributed by atoms with E-state index in [9.17, 15) is 4.79 Å². The molecule has 22 heavy (non-hydrogen) atoms. The van der Waals surface area contributed by atoms with Gasteiger partial charge in [0.15, 0.2) is 5.78 Å². The van der Waals surface area contributed by atoms with E-state index in [-0.39, 0.29) is 25.9 Å². The summed E-state index contributed by atoms with van der Waals surface area (Å²) < 4.78 is 0. The number of hydrogen-bond donors (Lipinski definition) is 0. The zero-order chi connectivity index (χ0) is 16.3. The van der Waals surface area contributed by atoms with Gasteiger partial charge in [-0.05, 0) is 54.3 Å². The fraction of sp³-hybridized carbons (Fsp3) is 0.0625. The van der Waals surface area contributed by atoms with Crippen LogP contribution in [0.3, 0.4) is 0 Å². The minimum absolute atomic E-state index is 0.133. The second kappa shape index (κ2) is 7.76. The van der Waals surface area contributed by atoms with Crippen molar-refractivity contribution in [3.63, 3.8) is 0 Å². The van der Waals surface area contributed by atoms with E-state index >= 15 is 0 Å². The molecule has 0 bridgehead atoms. The highest BCUT2D eigenvalue weighted by Gasteiger charge is 2.12. The topological polar surface area (TPSA) is 17.1 Å². The predicted molar refractivity (Wildman–Crippen MR) is 98.1 cm³/mol. The maximum absolute atomic E-state index is 12.1. The fourth-order valence-corrected chi connectivity index (χ4v) is 3.02. The van der Waals surface area contributed by atoms with Gasteiger partial charge >= 0.3 is 0 Å². The van der Waals surface area contributed by atoms with Crippen molar-refractivity contribution in [2.45, 2.75) is 4.90 Å². The van der Waals surface area contributed by atoms with Crippen LogP contribution in [0.1, 0.15) is 15.9 Å². The van der Waals surface area contributed by atoms with E-state index in [2.05, 4.69) is 0 Å². The van der Waals surface area contributed by atoms with Crippen LogP contribution in [0.25, 0.3) is 6.08 Å². The lowest BCUT2D eigenvalue weighted by molar-refractivity contribution is 0.104. The smallest absolute Gasteiger partial charge is 0.185 e. The third kappa shape index (κ3) is 4.01. The molecule has 0 aliphatic carbocycles. The molecule has 0 aromatic heterocycles. The average Bonchev–Trinajstić information content (AvgIpc) is 2.54. The Kier molecular flexibility index (Phi) is 6.25. The molecule has 0 aliphatic rings. The Balaban J connectivity index is 2.26. The van der Waals surface area contributed by atoms with Gasteiger partial charge in [-0.3, -0.25) is 4.79 Å². The lowest BCUT2D eigenvalue weighted by Gasteiger charge is -2.05. The molecule has 0 N–H and O–H groups in total. The molecule has 114 valence electrons. The number of hydrogen-bond acceptors (Lipinski definition) is 2. The first-order valence-corrected chi connectivity index (χ1v) is 8.87. The number of allylic oxidation sites excluding steroid dienone is 1. The molecule has 0 saturated heterocycles. The normalized spacial score (nSPS) is 11.1. The molecule has 0 unspecified atom stereocenters. The summed E-state index contributed by atoms with van der Waals surface area (Å²) in [6.45, 7) is 0. The van der Waals surface area contributed by atoms with Gasteiger partial charge in [0, 0.05) is 10.5 Å². The van der Waals surface area contributed by atoms with Crippen LogP contribution in [0, 0.1) is 0 Å². The number of benzene rings is 2. The van der Waals surface area contributed by atoms with Crippen LogP contribution in [0.5, 0.6) is 0 Å². The molecule has 0 atom stereocenters. The van der Waals surface area contributed by atoms with Gasteiger partial charge in [0.05, 0.1) is 20.1 Å². The van der Waals surface area contributed by atoms with Crippen molar-refractivity contribution in [3.05, 3.63) is 67.6 Å². The third-order valence-corrected chi connectivity index (χ3v) is 5.43. The van der Waals surface area contributed by atoms with Gasteiger partial charge in [-0.15, -0.1) is 11.8 Å². The largest absolute Gasteiger partial charge is 0.289 e.